The van der Waals surface area contributed by atoms with E-state index in [1.165, 1.54) is 36.8 Å². The Kier molecular flexibility index (Phi) is 10.6. The van der Waals surface area contributed by atoms with Crippen LogP contribution in [-0.2, 0) is 17.9 Å². The number of nitrogens with two attached hydrogens (primary N) is 1. The summed E-state index contributed by atoms with van der Waals surface area (Å²) in [6.45, 7) is 4.20. The highest BCUT2D eigenvalue weighted by molar-refractivity contribution is 6.31. The minimum absolute atomic E-state index is 0.329. The first kappa shape index (κ1) is 26.2. The lowest BCUT2D eigenvalue weighted by molar-refractivity contribution is -0.161. The van der Waals surface area contributed by atoms with Crippen LogP contribution in [0.1, 0.15) is 43.7 Å². The topological polar surface area (TPSA) is 66.6 Å². The van der Waals surface area contributed by atoms with E-state index >= 15 is 0 Å². The van der Waals surface area contributed by atoms with Crippen molar-refractivity contribution in [1.29, 1.82) is 0 Å². The van der Waals surface area contributed by atoms with Crippen molar-refractivity contribution >= 4 is 17.6 Å². The van der Waals surface area contributed by atoms with Gasteiger partial charge in [0.25, 0.3) is 0 Å². The average molecular weight is 467 g/mol. The van der Waals surface area contributed by atoms with E-state index in [-0.39, 0.29) is 0 Å². The van der Waals surface area contributed by atoms with E-state index in [1.807, 2.05) is 12.1 Å². The molecule has 0 heterocycles. The molecule has 0 aromatic heterocycles. The maximum absolute atomic E-state index is 11.2. The lowest BCUT2D eigenvalue weighted by Crippen LogP contribution is -2.32. The van der Waals surface area contributed by atoms with E-state index in [0.717, 1.165) is 43.0 Å². The van der Waals surface area contributed by atoms with Gasteiger partial charge >= 0.3 is 11.9 Å². The molecule has 3 rings (SSSR count). The molecule has 4 nitrogen and oxygen atoms in total. The van der Waals surface area contributed by atoms with Crippen LogP contribution < -0.4 is 5.73 Å². The minimum Gasteiger partial charge on any atom is -0.477 e. The zero-order valence-corrected chi connectivity index (χ0v) is 19.3. The Balaban J connectivity index is 0.000000451. The van der Waals surface area contributed by atoms with Gasteiger partial charge in [-0.05, 0) is 61.3 Å². The van der Waals surface area contributed by atoms with E-state index in [4.69, 9.17) is 22.4 Å². The predicted octanol–water partition coefficient (Wildman–Crippen LogP) is 5.83. The summed E-state index contributed by atoms with van der Waals surface area (Å²) in [5, 5.41) is 8.37. The summed E-state index contributed by atoms with van der Waals surface area (Å²) in [7, 11) is 0. The van der Waals surface area contributed by atoms with Crippen LogP contribution >= 0.6 is 11.6 Å². The van der Waals surface area contributed by atoms with Gasteiger partial charge in [-0.1, -0.05) is 60.1 Å². The number of aliphatic carboxylic acids is 1. The molecule has 0 saturated heterocycles. The second-order valence-electron chi connectivity index (χ2n) is 8.56. The second kappa shape index (κ2) is 12.9. The third-order valence-corrected chi connectivity index (χ3v) is 6.16. The average Bonchev–Trinajstić information content (AvgIpc) is 2.76. The lowest BCUT2D eigenvalue weighted by Gasteiger charge is -2.32. The highest BCUT2D eigenvalue weighted by Gasteiger charge is 2.31. The molecule has 1 fully saturated rings. The highest BCUT2D eigenvalue weighted by Crippen LogP contribution is 2.30. The van der Waals surface area contributed by atoms with E-state index in [9.17, 15) is 13.6 Å². The normalized spacial score (nSPS) is 18.7. The van der Waals surface area contributed by atoms with Crippen molar-refractivity contribution in [2.75, 3.05) is 13.1 Å². The lowest BCUT2D eigenvalue weighted by atomic mass is 9.82. The fourth-order valence-corrected chi connectivity index (χ4v) is 4.10. The zero-order chi connectivity index (χ0) is 23.6. The summed E-state index contributed by atoms with van der Waals surface area (Å²) in [6.07, 6.45) is 5.17. The fraction of sp³-hybridized carbons (Fsp3) is 0.480. The van der Waals surface area contributed by atoms with Gasteiger partial charge in [-0.15, -0.1) is 0 Å². The molecule has 0 amide bonds. The Labute approximate surface area is 194 Å². The number of rotatable bonds is 8. The third kappa shape index (κ3) is 9.23. The molecule has 3 N–H and O–H groups in total. The Morgan fingerprint density at radius 2 is 1.56 bits per heavy atom. The smallest absolute Gasteiger partial charge is 0.374 e. The van der Waals surface area contributed by atoms with Crippen LogP contribution in [0.2, 0.25) is 5.02 Å². The number of halogens is 3. The van der Waals surface area contributed by atoms with Crippen molar-refractivity contribution in [3.63, 3.8) is 0 Å². The molecule has 0 bridgehead atoms. The Bertz CT molecular complexity index is 822. The molecule has 1 aliphatic rings. The Hall–Kier alpha value is -2.02. The first-order valence-corrected chi connectivity index (χ1v) is 11.4. The molecule has 1 saturated carbocycles. The summed E-state index contributed by atoms with van der Waals surface area (Å²) in [4.78, 5) is 11.8. The fourth-order valence-electron chi connectivity index (χ4n) is 3.91. The molecule has 32 heavy (non-hydrogen) atoms. The van der Waals surface area contributed by atoms with Gasteiger partial charge in [0.15, 0.2) is 0 Å². The summed E-state index contributed by atoms with van der Waals surface area (Å²) in [6, 6.07) is 19.0. The van der Waals surface area contributed by atoms with Gasteiger partial charge in [-0.25, -0.2) is 4.79 Å². The summed E-state index contributed by atoms with van der Waals surface area (Å²) in [5.74, 6) is -4.16. The molecule has 0 radical (unpaired) electrons. The third-order valence-electron chi connectivity index (χ3n) is 5.79. The highest BCUT2D eigenvalue weighted by atomic mass is 35.5. The van der Waals surface area contributed by atoms with Crippen LogP contribution in [0.25, 0.3) is 0 Å². The van der Waals surface area contributed by atoms with Crippen molar-refractivity contribution in [3.8, 4) is 0 Å². The molecular formula is C25H33ClF2N2O2. The molecule has 0 atom stereocenters. The van der Waals surface area contributed by atoms with Gasteiger partial charge in [0, 0.05) is 31.6 Å². The molecule has 2 aromatic carbocycles. The predicted molar refractivity (Wildman–Crippen MR) is 125 cm³/mol. The summed E-state index contributed by atoms with van der Waals surface area (Å²) in [5.41, 5.74) is 8.43. The molecule has 0 unspecified atom stereocenters. The molecule has 0 spiro atoms. The van der Waals surface area contributed by atoms with E-state index in [0.29, 0.717) is 6.92 Å². The number of alkyl halides is 2. The Morgan fingerprint density at radius 3 is 2.09 bits per heavy atom. The van der Waals surface area contributed by atoms with Crippen LogP contribution in [0, 0.1) is 11.8 Å². The van der Waals surface area contributed by atoms with Crippen molar-refractivity contribution in [2.24, 2.45) is 17.6 Å². The molecule has 176 valence electrons. The van der Waals surface area contributed by atoms with Gasteiger partial charge in [0.05, 0.1) is 0 Å². The molecule has 0 aliphatic heterocycles. The SMILES string of the molecule is CC(F)(F)C(=O)O.NCC1CCC(CN(Cc2ccccc2)Cc2ccccc2Cl)CC1. The number of benzene rings is 2. The summed E-state index contributed by atoms with van der Waals surface area (Å²) >= 11 is 6.41. The molecule has 1 aliphatic carbocycles. The maximum Gasteiger partial charge on any atom is 0.374 e. The zero-order valence-electron chi connectivity index (χ0n) is 18.5. The van der Waals surface area contributed by atoms with Crippen molar-refractivity contribution in [2.45, 2.75) is 51.6 Å². The van der Waals surface area contributed by atoms with Gasteiger partial charge in [-0.3, -0.25) is 4.90 Å². The second-order valence-corrected chi connectivity index (χ2v) is 8.97. The van der Waals surface area contributed by atoms with Crippen LogP contribution in [0.3, 0.4) is 0 Å². The van der Waals surface area contributed by atoms with Crippen LogP contribution in [0.5, 0.6) is 0 Å². The largest absolute Gasteiger partial charge is 0.477 e. The molecule has 2 aromatic rings. The van der Waals surface area contributed by atoms with Gasteiger partial charge in [0.1, 0.15) is 0 Å². The number of hydrogen-bond donors (Lipinski definition) is 2. The number of nitrogens with zero attached hydrogens (tertiary/aromatic N) is 1. The van der Waals surface area contributed by atoms with E-state index in [1.54, 1.807) is 0 Å². The van der Waals surface area contributed by atoms with Gasteiger partial charge < -0.3 is 10.8 Å². The molecule has 7 heteroatoms. The number of hydrogen-bond acceptors (Lipinski definition) is 3. The molecular weight excluding hydrogens is 434 g/mol. The number of carbonyl (C=O) groups is 1. The first-order chi connectivity index (χ1) is 15.2. The van der Waals surface area contributed by atoms with Crippen molar-refractivity contribution in [3.05, 3.63) is 70.7 Å². The van der Waals surface area contributed by atoms with E-state index < -0.39 is 11.9 Å². The van der Waals surface area contributed by atoms with Crippen molar-refractivity contribution < 1.29 is 18.7 Å². The van der Waals surface area contributed by atoms with Crippen LogP contribution in [0.4, 0.5) is 8.78 Å². The first-order valence-electron chi connectivity index (χ1n) is 11.0. The van der Waals surface area contributed by atoms with Crippen LogP contribution in [-0.4, -0.2) is 35.0 Å². The van der Waals surface area contributed by atoms with Crippen molar-refractivity contribution in [1.82, 2.24) is 4.90 Å². The van der Waals surface area contributed by atoms with Gasteiger partial charge in [-0.2, -0.15) is 8.78 Å². The minimum atomic E-state index is -3.58. The Morgan fingerprint density at radius 1 is 1.03 bits per heavy atom. The standard InChI is InChI=1S/C22H29ClN2.C3H4F2O2/c23-22-9-5-4-8-21(22)17-25(15-19-6-2-1-3-7-19)16-20-12-10-18(14-24)11-13-20;1-3(4,5)2(6)7/h1-9,18,20H,10-17,24H2;1H3,(H,6,7). The number of carboxylic acids is 1. The van der Waals surface area contributed by atoms with E-state index in [2.05, 4.69) is 47.4 Å². The van der Waals surface area contributed by atoms with Gasteiger partial charge in [0.2, 0.25) is 0 Å². The monoisotopic (exact) mass is 466 g/mol. The van der Waals surface area contributed by atoms with Crippen LogP contribution in [0.15, 0.2) is 54.6 Å². The quantitative estimate of drug-likeness (QED) is 0.513. The summed E-state index contributed by atoms with van der Waals surface area (Å²) < 4.78 is 22.5. The number of carboxylic acid groups (broad SMARTS) is 1. The maximum atomic E-state index is 11.2.